The predicted octanol–water partition coefficient (Wildman–Crippen LogP) is 2.53. The summed E-state index contributed by atoms with van der Waals surface area (Å²) < 4.78 is 5.24. The summed E-state index contributed by atoms with van der Waals surface area (Å²) in [5.41, 5.74) is 2.79. The largest absolute Gasteiger partial charge is 0.497 e. The second kappa shape index (κ2) is 5.82. The predicted molar refractivity (Wildman–Crippen MR) is 71.8 cm³/mol. The van der Waals surface area contributed by atoms with Gasteiger partial charge in [-0.15, -0.1) is 0 Å². The second-order valence-corrected chi connectivity index (χ2v) is 4.25. The van der Waals surface area contributed by atoms with E-state index in [0.29, 0.717) is 0 Å². The van der Waals surface area contributed by atoms with Crippen molar-refractivity contribution < 1.29 is 4.74 Å². The number of piperazine rings is 1. The lowest BCUT2D eigenvalue weighted by Crippen LogP contribution is -2.44. The molecule has 1 fully saturated rings. The number of methoxy groups -OCH3 is 1. The maximum absolute atomic E-state index is 5.58. The van der Waals surface area contributed by atoms with Crippen LogP contribution in [-0.4, -0.2) is 38.2 Å². The fourth-order valence-corrected chi connectivity index (χ4v) is 2.18. The summed E-state index contributed by atoms with van der Waals surface area (Å²) in [6, 6.07) is 8.19. The van der Waals surface area contributed by atoms with Crippen LogP contribution < -0.4 is 9.64 Å². The van der Waals surface area contributed by atoms with Crippen LogP contribution in [0.5, 0.6) is 5.75 Å². The lowest BCUT2D eigenvalue weighted by molar-refractivity contribution is 0.349. The van der Waals surface area contributed by atoms with Crippen molar-refractivity contribution in [3.8, 4) is 5.75 Å². The number of hydrogen-bond acceptors (Lipinski definition) is 3. The zero-order valence-corrected chi connectivity index (χ0v) is 10.7. The lowest BCUT2D eigenvalue weighted by atomic mass is 10.2. The van der Waals surface area contributed by atoms with Crippen LogP contribution in [0.15, 0.2) is 36.0 Å². The van der Waals surface area contributed by atoms with Crippen LogP contribution in [-0.2, 0) is 0 Å². The lowest BCUT2D eigenvalue weighted by Gasteiger charge is -2.35. The molecule has 1 aromatic carbocycles. The maximum atomic E-state index is 5.58. The molecule has 0 atom stereocenters. The van der Waals surface area contributed by atoms with Gasteiger partial charge in [0.25, 0.3) is 0 Å². The van der Waals surface area contributed by atoms with Gasteiger partial charge in [0, 0.05) is 49.7 Å². The average molecular weight is 253 g/mol. The van der Waals surface area contributed by atoms with Crippen LogP contribution in [0.4, 0.5) is 5.69 Å². The molecule has 0 aliphatic carbocycles. The van der Waals surface area contributed by atoms with Crippen LogP contribution in [0.2, 0.25) is 0 Å². The van der Waals surface area contributed by atoms with E-state index in [4.69, 9.17) is 16.3 Å². The Balaban J connectivity index is 2.00. The minimum absolute atomic E-state index is 0.908. The Bertz CT molecular complexity index is 387. The maximum Gasteiger partial charge on any atom is 0.120 e. The highest BCUT2D eigenvalue weighted by Crippen LogP contribution is 2.22. The van der Waals surface area contributed by atoms with Gasteiger partial charge in [0.2, 0.25) is 0 Å². The average Bonchev–Trinajstić information content (AvgIpc) is 2.40. The highest BCUT2D eigenvalue weighted by Gasteiger charge is 2.14. The number of anilines is 1. The third-order valence-electron chi connectivity index (χ3n) is 3.00. The second-order valence-electron chi connectivity index (χ2n) is 4.00. The number of benzene rings is 1. The van der Waals surface area contributed by atoms with Gasteiger partial charge >= 0.3 is 0 Å². The van der Waals surface area contributed by atoms with Crippen LogP contribution in [0.3, 0.4) is 0 Å². The first-order valence-corrected chi connectivity index (χ1v) is 6.17. The van der Waals surface area contributed by atoms with Gasteiger partial charge in [-0.25, -0.2) is 0 Å². The third kappa shape index (κ3) is 3.07. The molecule has 1 aromatic rings. The van der Waals surface area contributed by atoms with Crippen molar-refractivity contribution in [2.75, 3.05) is 38.2 Å². The van der Waals surface area contributed by atoms with Gasteiger partial charge in [-0.05, 0) is 12.1 Å². The van der Waals surface area contributed by atoms with Crippen molar-refractivity contribution in [2.24, 2.45) is 0 Å². The highest BCUT2D eigenvalue weighted by atomic mass is 35.5. The molecular weight excluding hydrogens is 236 g/mol. The minimum Gasteiger partial charge on any atom is -0.497 e. The molecule has 3 nitrogen and oxygen atoms in total. The molecular formula is C13H17ClN2O. The van der Waals surface area contributed by atoms with Crippen molar-refractivity contribution in [1.29, 1.82) is 0 Å². The quantitative estimate of drug-likeness (QED) is 0.822. The van der Waals surface area contributed by atoms with E-state index in [-0.39, 0.29) is 0 Å². The van der Waals surface area contributed by atoms with E-state index in [1.165, 1.54) is 5.69 Å². The summed E-state index contributed by atoms with van der Waals surface area (Å²) in [5, 5.41) is 0. The Hall–Kier alpha value is -1.35. The Morgan fingerprint density at radius 1 is 1.24 bits per heavy atom. The zero-order chi connectivity index (χ0) is 12.1. The third-order valence-corrected chi connectivity index (χ3v) is 3.11. The highest BCUT2D eigenvalue weighted by molar-refractivity contribution is 6.25. The van der Waals surface area contributed by atoms with E-state index in [1.54, 1.807) is 12.6 Å². The fraction of sp³-hybridized carbons (Fsp3) is 0.385. The zero-order valence-electron chi connectivity index (χ0n) is 9.97. The van der Waals surface area contributed by atoms with E-state index < -0.39 is 0 Å². The van der Waals surface area contributed by atoms with Gasteiger partial charge in [0.05, 0.1) is 7.11 Å². The number of rotatable bonds is 3. The molecule has 0 radical (unpaired) electrons. The standard InChI is InChI=1S/C13H17ClN2O/c1-17-13-4-2-3-12(11-13)16-9-7-15(6-5-14)8-10-16/h2-6,11H,7-10H2,1H3. The normalized spacial score (nSPS) is 16.6. The molecule has 17 heavy (non-hydrogen) atoms. The molecule has 0 bridgehead atoms. The van der Waals surface area contributed by atoms with Crippen LogP contribution >= 0.6 is 11.6 Å². The van der Waals surface area contributed by atoms with Crippen molar-refractivity contribution in [3.05, 3.63) is 36.0 Å². The summed E-state index contributed by atoms with van der Waals surface area (Å²) >= 11 is 5.58. The molecule has 1 heterocycles. The Morgan fingerprint density at radius 3 is 2.65 bits per heavy atom. The van der Waals surface area contributed by atoms with Crippen LogP contribution in [0.25, 0.3) is 0 Å². The molecule has 1 aliphatic rings. The van der Waals surface area contributed by atoms with E-state index in [1.807, 2.05) is 18.3 Å². The Kier molecular flexibility index (Phi) is 4.15. The van der Waals surface area contributed by atoms with E-state index in [2.05, 4.69) is 21.9 Å². The monoisotopic (exact) mass is 252 g/mol. The van der Waals surface area contributed by atoms with E-state index in [9.17, 15) is 0 Å². The molecule has 1 saturated heterocycles. The van der Waals surface area contributed by atoms with Gasteiger partial charge in [-0.1, -0.05) is 17.7 Å². The Labute approximate surface area is 107 Å². The SMILES string of the molecule is COc1cccc(N2CCN(C=CCl)CC2)c1. The number of ether oxygens (including phenoxy) is 1. The summed E-state index contributed by atoms with van der Waals surface area (Å²) in [5.74, 6) is 0.908. The van der Waals surface area contributed by atoms with Gasteiger partial charge in [-0.2, -0.15) is 0 Å². The first kappa shape index (κ1) is 12.1. The molecule has 0 N–H and O–H groups in total. The van der Waals surface area contributed by atoms with E-state index >= 15 is 0 Å². The molecule has 2 rings (SSSR count). The van der Waals surface area contributed by atoms with Crippen LogP contribution in [0, 0.1) is 0 Å². The smallest absolute Gasteiger partial charge is 0.120 e. The van der Waals surface area contributed by atoms with Crippen molar-refractivity contribution in [1.82, 2.24) is 4.90 Å². The summed E-state index contributed by atoms with van der Waals surface area (Å²) in [4.78, 5) is 4.59. The molecule has 0 unspecified atom stereocenters. The first-order valence-electron chi connectivity index (χ1n) is 5.73. The fourth-order valence-electron chi connectivity index (χ4n) is 2.02. The van der Waals surface area contributed by atoms with Gasteiger partial charge in [0.15, 0.2) is 0 Å². The topological polar surface area (TPSA) is 15.7 Å². The van der Waals surface area contributed by atoms with E-state index in [0.717, 1.165) is 31.9 Å². The molecule has 1 aliphatic heterocycles. The summed E-state index contributed by atoms with van der Waals surface area (Å²) in [7, 11) is 1.70. The Morgan fingerprint density at radius 2 is 2.00 bits per heavy atom. The molecule has 0 spiro atoms. The van der Waals surface area contributed by atoms with Gasteiger partial charge in [-0.3, -0.25) is 0 Å². The molecule has 4 heteroatoms. The van der Waals surface area contributed by atoms with Crippen molar-refractivity contribution >= 4 is 17.3 Å². The number of hydrogen-bond donors (Lipinski definition) is 0. The number of nitrogens with zero attached hydrogens (tertiary/aromatic N) is 2. The summed E-state index contributed by atoms with van der Waals surface area (Å²) in [6.45, 7) is 4.02. The summed E-state index contributed by atoms with van der Waals surface area (Å²) in [6.07, 6.45) is 1.93. The van der Waals surface area contributed by atoms with Crippen molar-refractivity contribution in [2.45, 2.75) is 0 Å². The van der Waals surface area contributed by atoms with Gasteiger partial charge < -0.3 is 14.5 Å². The first-order chi connectivity index (χ1) is 8.33. The molecule has 0 amide bonds. The number of halogens is 1. The van der Waals surface area contributed by atoms with Gasteiger partial charge in [0.1, 0.15) is 5.75 Å². The molecule has 92 valence electrons. The van der Waals surface area contributed by atoms with Crippen molar-refractivity contribution in [3.63, 3.8) is 0 Å². The molecule has 0 saturated carbocycles. The minimum atomic E-state index is 0.908. The molecule has 0 aromatic heterocycles. The van der Waals surface area contributed by atoms with Crippen LogP contribution in [0.1, 0.15) is 0 Å².